The van der Waals surface area contributed by atoms with Crippen molar-refractivity contribution in [2.24, 2.45) is 0 Å². The first-order chi connectivity index (χ1) is 14.0. The molecule has 4 aromatic heterocycles. The maximum Gasteiger partial charge on any atom is 0.435 e. The summed E-state index contributed by atoms with van der Waals surface area (Å²) in [7, 11) is 0. The van der Waals surface area contributed by atoms with Gasteiger partial charge in [-0.1, -0.05) is 0 Å². The van der Waals surface area contributed by atoms with Crippen molar-refractivity contribution in [1.82, 2.24) is 25.1 Å². The van der Waals surface area contributed by atoms with Crippen LogP contribution in [0.15, 0.2) is 28.8 Å². The lowest BCUT2D eigenvalue weighted by Crippen LogP contribution is -2.37. The Labute approximate surface area is 160 Å². The van der Waals surface area contributed by atoms with E-state index in [4.69, 9.17) is 9.15 Å². The quantitative estimate of drug-likeness (QED) is 0.536. The number of furan rings is 1. The largest absolute Gasteiger partial charge is 0.435 e. The number of alkyl halides is 3. The molecule has 0 saturated carbocycles. The minimum absolute atomic E-state index is 0.0236. The topological polar surface area (TPSA) is 105 Å². The van der Waals surface area contributed by atoms with Crippen molar-refractivity contribution in [3.05, 3.63) is 30.1 Å². The Morgan fingerprint density at radius 3 is 2.76 bits per heavy atom. The number of nitrogens with one attached hydrogen (secondary N) is 2. The van der Waals surface area contributed by atoms with Gasteiger partial charge in [0.2, 0.25) is 11.7 Å². The van der Waals surface area contributed by atoms with Crippen LogP contribution in [0.3, 0.4) is 0 Å². The van der Waals surface area contributed by atoms with Gasteiger partial charge in [0.1, 0.15) is 11.3 Å². The smallest absolute Gasteiger partial charge is 0.432 e. The molecule has 2 N–H and O–H groups in total. The van der Waals surface area contributed by atoms with Gasteiger partial charge in [-0.05, 0) is 12.1 Å². The van der Waals surface area contributed by atoms with Crippen LogP contribution in [0.4, 0.5) is 30.8 Å². The third-order valence-corrected chi connectivity index (χ3v) is 4.50. The van der Waals surface area contributed by atoms with Crippen LogP contribution < -0.4 is 10.2 Å². The molecule has 150 valence electrons. The number of hydrogen-bond donors (Lipinski definition) is 2. The number of aromatic amines is 1. The molecular weight excluding hydrogens is 391 g/mol. The highest BCUT2D eigenvalue weighted by atomic mass is 19.4. The van der Waals surface area contributed by atoms with E-state index in [1.165, 1.54) is 0 Å². The first kappa shape index (κ1) is 17.7. The van der Waals surface area contributed by atoms with E-state index in [1.54, 1.807) is 12.3 Å². The molecule has 9 nitrogen and oxygen atoms in total. The number of anilines is 3. The number of morpholine rings is 1. The highest BCUT2D eigenvalue weighted by Gasteiger charge is 2.34. The zero-order chi connectivity index (χ0) is 20.0. The molecular formula is C17H14F3N7O2. The van der Waals surface area contributed by atoms with Crippen LogP contribution in [0, 0.1) is 0 Å². The fraction of sp³-hybridized carbons (Fsp3) is 0.294. The minimum atomic E-state index is -4.55. The predicted molar refractivity (Wildman–Crippen MR) is 97.0 cm³/mol. The van der Waals surface area contributed by atoms with E-state index < -0.39 is 11.9 Å². The van der Waals surface area contributed by atoms with Gasteiger partial charge in [0, 0.05) is 25.4 Å². The van der Waals surface area contributed by atoms with Crippen molar-refractivity contribution in [3.63, 3.8) is 0 Å². The molecule has 0 unspecified atom stereocenters. The number of aromatic nitrogens is 5. The second-order valence-corrected chi connectivity index (χ2v) is 6.40. The van der Waals surface area contributed by atoms with E-state index in [-0.39, 0.29) is 11.8 Å². The fourth-order valence-corrected chi connectivity index (χ4v) is 3.16. The second-order valence-electron chi connectivity index (χ2n) is 6.40. The second kappa shape index (κ2) is 6.58. The molecule has 1 saturated heterocycles. The summed E-state index contributed by atoms with van der Waals surface area (Å²) in [6.45, 7) is 2.25. The van der Waals surface area contributed by atoms with Crippen LogP contribution in [-0.2, 0) is 10.9 Å². The van der Waals surface area contributed by atoms with Crippen molar-refractivity contribution in [1.29, 1.82) is 0 Å². The molecule has 12 heteroatoms. The predicted octanol–water partition coefficient (Wildman–Crippen LogP) is 3.09. The fourth-order valence-electron chi connectivity index (χ4n) is 3.16. The molecule has 0 amide bonds. The van der Waals surface area contributed by atoms with Gasteiger partial charge in [0.25, 0.3) is 0 Å². The zero-order valence-electron chi connectivity index (χ0n) is 14.8. The Balaban J connectivity index is 1.61. The molecule has 0 aromatic carbocycles. The Kier molecular flexibility index (Phi) is 4.01. The summed E-state index contributed by atoms with van der Waals surface area (Å²) in [5, 5.41) is 9.03. The number of halogens is 3. The van der Waals surface area contributed by atoms with Crippen LogP contribution in [0.5, 0.6) is 0 Å². The van der Waals surface area contributed by atoms with E-state index in [1.807, 2.05) is 11.0 Å². The number of ether oxygens (including phenoxy) is 1. The summed E-state index contributed by atoms with van der Waals surface area (Å²) in [5.41, 5.74) is 0.353. The van der Waals surface area contributed by atoms with E-state index in [0.29, 0.717) is 54.3 Å². The number of pyridine rings is 1. The lowest BCUT2D eigenvalue weighted by molar-refractivity contribution is -0.141. The van der Waals surface area contributed by atoms with E-state index >= 15 is 0 Å². The number of H-pyrrole nitrogens is 1. The average Bonchev–Trinajstić information content (AvgIpc) is 3.33. The first-order valence-corrected chi connectivity index (χ1v) is 8.76. The third kappa shape index (κ3) is 3.20. The van der Waals surface area contributed by atoms with Gasteiger partial charge in [-0.3, -0.25) is 5.10 Å². The lowest BCUT2D eigenvalue weighted by atomic mass is 10.3. The van der Waals surface area contributed by atoms with Crippen molar-refractivity contribution < 1.29 is 22.3 Å². The molecule has 5 rings (SSSR count). The normalized spacial score (nSPS) is 15.3. The Morgan fingerprint density at radius 1 is 1.17 bits per heavy atom. The maximum atomic E-state index is 12.8. The van der Waals surface area contributed by atoms with Gasteiger partial charge < -0.3 is 19.4 Å². The summed E-state index contributed by atoms with van der Waals surface area (Å²) in [6, 6.07) is 4.43. The minimum Gasteiger partial charge on any atom is -0.432 e. The SMILES string of the molecule is FC(F)(F)c1cc(Nc2nc(N3CCOCC3)c3oc4ncccc4c3n2)[nH]n1. The van der Waals surface area contributed by atoms with E-state index in [0.717, 1.165) is 6.07 Å². The Hall–Kier alpha value is -3.41. The number of fused-ring (bicyclic) bond motifs is 3. The molecule has 1 fully saturated rings. The third-order valence-electron chi connectivity index (χ3n) is 4.50. The highest BCUT2D eigenvalue weighted by Crippen LogP contribution is 2.34. The molecule has 0 atom stereocenters. The Morgan fingerprint density at radius 2 is 2.00 bits per heavy atom. The monoisotopic (exact) mass is 405 g/mol. The summed E-state index contributed by atoms with van der Waals surface area (Å²) >= 11 is 0. The van der Waals surface area contributed by atoms with Gasteiger partial charge in [-0.25, -0.2) is 9.97 Å². The standard InChI is InChI=1S/C17H14F3N7O2/c18-17(19,20)10-8-11(26-25-10)22-16-23-12-9-2-1-3-21-15(9)29-13(12)14(24-16)27-4-6-28-7-5-27/h1-3,8H,4-7H2,(H2,22,23,24,25,26). The first-order valence-electron chi connectivity index (χ1n) is 8.76. The van der Waals surface area contributed by atoms with Crippen molar-refractivity contribution in [3.8, 4) is 0 Å². The van der Waals surface area contributed by atoms with Crippen LogP contribution in [-0.4, -0.2) is 51.5 Å². The molecule has 0 spiro atoms. The number of rotatable bonds is 3. The van der Waals surface area contributed by atoms with Gasteiger partial charge >= 0.3 is 6.18 Å². The summed E-state index contributed by atoms with van der Waals surface area (Å²) in [6.07, 6.45) is -2.94. The molecule has 0 bridgehead atoms. The molecule has 0 aliphatic carbocycles. The van der Waals surface area contributed by atoms with Crippen LogP contribution in [0.1, 0.15) is 5.69 Å². The van der Waals surface area contributed by atoms with Crippen molar-refractivity contribution in [2.75, 3.05) is 36.5 Å². The van der Waals surface area contributed by atoms with Gasteiger partial charge in [-0.2, -0.15) is 23.3 Å². The van der Waals surface area contributed by atoms with E-state index in [9.17, 15) is 13.2 Å². The van der Waals surface area contributed by atoms with E-state index in [2.05, 4.69) is 30.5 Å². The van der Waals surface area contributed by atoms with Crippen LogP contribution in [0.2, 0.25) is 0 Å². The summed E-state index contributed by atoms with van der Waals surface area (Å²) in [4.78, 5) is 15.1. The lowest BCUT2D eigenvalue weighted by Gasteiger charge is -2.27. The molecule has 5 heterocycles. The molecule has 29 heavy (non-hydrogen) atoms. The zero-order valence-corrected chi connectivity index (χ0v) is 14.8. The molecule has 1 aliphatic rings. The molecule has 1 aliphatic heterocycles. The Bertz CT molecular complexity index is 1180. The summed E-state index contributed by atoms with van der Waals surface area (Å²) in [5.74, 6) is 0.660. The van der Waals surface area contributed by atoms with Crippen LogP contribution >= 0.6 is 0 Å². The van der Waals surface area contributed by atoms with Gasteiger partial charge in [0.05, 0.1) is 18.6 Å². The molecule has 0 radical (unpaired) electrons. The summed E-state index contributed by atoms with van der Waals surface area (Å²) < 4.78 is 49.7. The number of nitrogens with zero attached hydrogens (tertiary/aromatic N) is 5. The maximum absolute atomic E-state index is 12.8. The number of hydrogen-bond acceptors (Lipinski definition) is 8. The molecule has 4 aromatic rings. The highest BCUT2D eigenvalue weighted by molar-refractivity contribution is 6.05. The van der Waals surface area contributed by atoms with Gasteiger partial charge in [0.15, 0.2) is 17.1 Å². The van der Waals surface area contributed by atoms with Gasteiger partial charge in [-0.15, -0.1) is 0 Å². The van der Waals surface area contributed by atoms with Crippen LogP contribution in [0.25, 0.3) is 22.2 Å². The average molecular weight is 405 g/mol. The van der Waals surface area contributed by atoms with Crippen molar-refractivity contribution >= 4 is 39.8 Å². The van der Waals surface area contributed by atoms with Crippen molar-refractivity contribution in [2.45, 2.75) is 6.18 Å².